The van der Waals surface area contributed by atoms with Crippen molar-refractivity contribution in [3.63, 3.8) is 0 Å². The molecule has 1 aliphatic heterocycles. The molecule has 0 radical (unpaired) electrons. The number of benzene rings is 2. The molecular weight excluding hydrogens is 367 g/mol. The fraction of sp³-hybridized carbons (Fsp3) is 0.350. The second-order valence-corrected chi connectivity index (χ2v) is 9.06. The zero-order valence-corrected chi connectivity index (χ0v) is 16.1. The van der Waals surface area contributed by atoms with Crippen molar-refractivity contribution in [3.05, 3.63) is 65.5 Å². The third-order valence-electron chi connectivity index (χ3n) is 5.04. The summed E-state index contributed by atoms with van der Waals surface area (Å²) in [6.45, 7) is 3.49. The first-order valence-electron chi connectivity index (χ1n) is 8.82. The summed E-state index contributed by atoms with van der Waals surface area (Å²) in [5, 5.41) is 6.17. The van der Waals surface area contributed by atoms with Crippen LogP contribution >= 0.6 is 0 Å². The third kappa shape index (κ3) is 4.54. The van der Waals surface area contributed by atoms with Gasteiger partial charge < -0.3 is 10.6 Å². The highest BCUT2D eigenvalue weighted by Crippen LogP contribution is 2.26. The largest absolute Gasteiger partial charge is 0.345 e. The van der Waals surface area contributed by atoms with Gasteiger partial charge in [0.25, 0.3) is 0 Å². The van der Waals surface area contributed by atoms with Crippen LogP contribution in [0, 0.1) is 17.7 Å². The number of amides is 1. The Morgan fingerprint density at radius 1 is 1.15 bits per heavy atom. The molecule has 2 aromatic carbocycles. The summed E-state index contributed by atoms with van der Waals surface area (Å²) in [6.07, 6.45) is 1.14. The molecule has 0 spiro atoms. The van der Waals surface area contributed by atoms with Crippen molar-refractivity contribution < 1.29 is 17.6 Å². The quantitative estimate of drug-likeness (QED) is 0.794. The molecule has 2 unspecified atom stereocenters. The minimum atomic E-state index is -3.38. The van der Waals surface area contributed by atoms with Gasteiger partial charge in [-0.1, -0.05) is 31.2 Å². The maximum Gasteiger partial charge on any atom is 0.223 e. The maximum absolute atomic E-state index is 13.3. The number of hydrogen-bond acceptors (Lipinski definition) is 4. The van der Waals surface area contributed by atoms with Crippen LogP contribution in [0.25, 0.3) is 0 Å². The molecule has 2 N–H and O–H groups in total. The number of carbonyl (C=O) groups is 1. The normalized spacial score (nSPS) is 17.0. The molecule has 7 heteroatoms. The third-order valence-corrected chi connectivity index (χ3v) is 6.15. The maximum atomic E-state index is 13.3. The smallest absolute Gasteiger partial charge is 0.223 e. The van der Waals surface area contributed by atoms with E-state index in [4.69, 9.17) is 0 Å². The van der Waals surface area contributed by atoms with Crippen molar-refractivity contribution in [2.45, 2.75) is 17.9 Å². The Hall–Kier alpha value is -2.25. The fourth-order valence-electron chi connectivity index (χ4n) is 3.09. The highest BCUT2D eigenvalue weighted by Gasteiger charge is 2.30. The number of rotatable bonds is 6. The molecule has 0 saturated carbocycles. The zero-order valence-electron chi connectivity index (χ0n) is 15.3. The lowest BCUT2D eigenvalue weighted by Crippen LogP contribution is -2.50. The number of hydrogen-bond donors (Lipinski definition) is 2. The van der Waals surface area contributed by atoms with Gasteiger partial charge in [-0.2, -0.15) is 0 Å². The molecule has 0 aliphatic carbocycles. The van der Waals surface area contributed by atoms with Crippen LogP contribution in [-0.2, 0) is 14.6 Å². The van der Waals surface area contributed by atoms with E-state index in [1.165, 1.54) is 18.2 Å². The lowest BCUT2D eigenvalue weighted by molar-refractivity contribution is -0.127. The average Bonchev–Trinajstić information content (AvgIpc) is 2.58. The average molecular weight is 390 g/mol. The van der Waals surface area contributed by atoms with Gasteiger partial charge in [0.15, 0.2) is 9.84 Å². The summed E-state index contributed by atoms with van der Waals surface area (Å²) < 4.78 is 37.2. The highest BCUT2D eigenvalue weighted by atomic mass is 32.2. The molecular formula is C20H23FN2O3S. The minimum absolute atomic E-state index is 0.111. The van der Waals surface area contributed by atoms with Gasteiger partial charge in [-0.3, -0.25) is 4.79 Å². The topological polar surface area (TPSA) is 75.3 Å². The van der Waals surface area contributed by atoms with Gasteiger partial charge in [-0.15, -0.1) is 0 Å². The van der Waals surface area contributed by atoms with E-state index in [1.807, 2.05) is 6.92 Å². The van der Waals surface area contributed by atoms with E-state index < -0.39 is 15.9 Å². The fourth-order valence-corrected chi connectivity index (χ4v) is 3.77. The van der Waals surface area contributed by atoms with Crippen molar-refractivity contribution in [1.29, 1.82) is 0 Å². The van der Waals surface area contributed by atoms with Crippen LogP contribution in [0.4, 0.5) is 4.39 Å². The van der Waals surface area contributed by atoms with Crippen molar-refractivity contribution in [2.75, 3.05) is 19.3 Å². The van der Waals surface area contributed by atoms with Gasteiger partial charge in [-0.25, -0.2) is 12.8 Å². The Balaban J connectivity index is 1.95. The van der Waals surface area contributed by atoms with Gasteiger partial charge in [0, 0.05) is 12.2 Å². The lowest BCUT2D eigenvalue weighted by atomic mass is 9.87. The van der Waals surface area contributed by atoms with Crippen molar-refractivity contribution in [3.8, 4) is 0 Å². The van der Waals surface area contributed by atoms with E-state index >= 15 is 0 Å². The van der Waals surface area contributed by atoms with Gasteiger partial charge >= 0.3 is 0 Å². The van der Waals surface area contributed by atoms with Crippen LogP contribution in [0.5, 0.6) is 0 Å². The van der Waals surface area contributed by atoms with Gasteiger partial charge in [0.05, 0.1) is 10.9 Å². The van der Waals surface area contributed by atoms with Crippen LogP contribution in [0.15, 0.2) is 53.4 Å². The van der Waals surface area contributed by atoms with E-state index in [0.29, 0.717) is 11.1 Å². The van der Waals surface area contributed by atoms with Crippen LogP contribution < -0.4 is 10.6 Å². The van der Waals surface area contributed by atoms with E-state index in [2.05, 4.69) is 10.6 Å². The Kier molecular flexibility index (Phi) is 5.62. The summed E-state index contributed by atoms with van der Waals surface area (Å²) >= 11 is 0. The lowest BCUT2D eigenvalue weighted by Gasteiger charge is -2.33. The van der Waals surface area contributed by atoms with E-state index in [9.17, 15) is 17.6 Å². The Morgan fingerprint density at radius 2 is 1.81 bits per heavy atom. The Morgan fingerprint density at radius 3 is 2.37 bits per heavy atom. The molecule has 144 valence electrons. The molecule has 2 atom stereocenters. The molecule has 27 heavy (non-hydrogen) atoms. The Bertz CT molecular complexity index is 924. The summed E-state index contributed by atoms with van der Waals surface area (Å²) in [6, 6.07) is 11.8. The molecule has 1 saturated heterocycles. The summed E-state index contributed by atoms with van der Waals surface area (Å²) in [7, 11) is -3.38. The highest BCUT2D eigenvalue weighted by molar-refractivity contribution is 7.90. The molecule has 2 aromatic rings. The van der Waals surface area contributed by atoms with Gasteiger partial charge in [0.1, 0.15) is 5.82 Å². The second kappa shape index (κ2) is 7.78. The summed E-state index contributed by atoms with van der Waals surface area (Å²) in [5.41, 5.74) is 1.33. The predicted octanol–water partition coefficient (Wildman–Crippen LogP) is 2.29. The number of nitrogens with one attached hydrogen (secondary N) is 2. The van der Waals surface area contributed by atoms with Crippen molar-refractivity contribution in [2.24, 2.45) is 11.8 Å². The van der Waals surface area contributed by atoms with Crippen LogP contribution in [0.3, 0.4) is 0 Å². The SMILES string of the molecule is CC(C(=O)NC(c1ccc(F)cc1)c1cccc(S(C)(=O)=O)c1)C1CNC1. The van der Waals surface area contributed by atoms with Crippen LogP contribution in [0.1, 0.15) is 24.1 Å². The zero-order chi connectivity index (χ0) is 19.6. The number of sulfone groups is 1. The first kappa shape index (κ1) is 19.5. The van der Waals surface area contributed by atoms with Crippen molar-refractivity contribution >= 4 is 15.7 Å². The van der Waals surface area contributed by atoms with E-state index in [0.717, 1.165) is 19.3 Å². The van der Waals surface area contributed by atoms with Gasteiger partial charge in [-0.05, 0) is 54.4 Å². The predicted molar refractivity (Wildman–Crippen MR) is 101 cm³/mol. The molecule has 1 fully saturated rings. The summed E-state index contributed by atoms with van der Waals surface area (Å²) in [4.78, 5) is 12.9. The van der Waals surface area contributed by atoms with Crippen molar-refractivity contribution in [1.82, 2.24) is 10.6 Å². The molecule has 3 rings (SSSR count). The standard InChI is InChI=1S/C20H23FN2O3S/c1-13(16-11-22-12-16)20(24)23-19(14-6-8-17(21)9-7-14)15-4-3-5-18(10-15)27(2,25)26/h3-10,13,16,19,22H,11-12H2,1-2H3,(H,23,24). The first-order valence-corrected chi connectivity index (χ1v) is 10.7. The number of halogens is 1. The van der Waals surface area contributed by atoms with Gasteiger partial charge in [0.2, 0.25) is 5.91 Å². The van der Waals surface area contributed by atoms with Crippen LogP contribution in [0.2, 0.25) is 0 Å². The first-order chi connectivity index (χ1) is 12.8. The van der Waals surface area contributed by atoms with E-state index in [1.54, 1.807) is 30.3 Å². The number of carbonyl (C=O) groups excluding carboxylic acids is 1. The molecule has 5 nitrogen and oxygen atoms in total. The minimum Gasteiger partial charge on any atom is -0.345 e. The molecule has 0 bridgehead atoms. The van der Waals surface area contributed by atoms with E-state index in [-0.39, 0.29) is 28.5 Å². The molecule has 1 heterocycles. The monoisotopic (exact) mass is 390 g/mol. The molecule has 0 aromatic heterocycles. The second-order valence-electron chi connectivity index (χ2n) is 7.04. The summed E-state index contributed by atoms with van der Waals surface area (Å²) in [5.74, 6) is -0.378. The molecule has 1 amide bonds. The van der Waals surface area contributed by atoms with Crippen LogP contribution in [-0.4, -0.2) is 33.7 Å². The molecule has 1 aliphatic rings. The Labute approximate surface area is 158 Å².